The van der Waals surface area contributed by atoms with Gasteiger partial charge in [-0.2, -0.15) is 0 Å². The quantitative estimate of drug-likeness (QED) is 0.785. The molecule has 0 spiro atoms. The summed E-state index contributed by atoms with van der Waals surface area (Å²) in [4.78, 5) is 0. The number of benzene rings is 1. The average Bonchev–Trinajstić information content (AvgIpc) is 2.44. The van der Waals surface area contributed by atoms with Crippen LogP contribution < -0.4 is 19.9 Å². The molecule has 0 aliphatic heterocycles. The molecule has 5 heteroatoms. The number of rotatable bonds is 7. The maximum absolute atomic E-state index is 9.66. The van der Waals surface area contributed by atoms with Gasteiger partial charge in [0, 0.05) is 12.1 Å². The number of nitrogens with two attached hydrogens (primary N) is 1. The molecule has 0 aromatic heterocycles. The summed E-state index contributed by atoms with van der Waals surface area (Å²) in [5.41, 5.74) is 6.41. The highest BCUT2D eigenvalue weighted by Gasteiger charge is 2.21. The van der Waals surface area contributed by atoms with E-state index < -0.39 is 6.10 Å². The number of hydrogen-bond donors (Lipinski definition) is 2. The topological polar surface area (TPSA) is 73.9 Å². The van der Waals surface area contributed by atoms with Crippen LogP contribution in [-0.2, 0) is 0 Å². The Morgan fingerprint density at radius 3 is 2.21 bits per heavy atom. The molecule has 0 saturated carbocycles. The van der Waals surface area contributed by atoms with Crippen molar-refractivity contribution in [1.82, 2.24) is 0 Å². The zero-order valence-corrected chi connectivity index (χ0v) is 12.0. The predicted molar refractivity (Wildman–Crippen MR) is 74.2 cm³/mol. The lowest BCUT2D eigenvalue weighted by molar-refractivity contribution is 0.164. The van der Waals surface area contributed by atoms with E-state index in [-0.39, 0.29) is 12.5 Å². The molecule has 1 rings (SSSR count). The SMILES string of the molecule is COc1ccc(C(C)CC(O)CN)c(OC)c1OC. The Morgan fingerprint density at radius 1 is 1.11 bits per heavy atom. The van der Waals surface area contributed by atoms with Crippen molar-refractivity contribution in [3.63, 3.8) is 0 Å². The van der Waals surface area contributed by atoms with Crippen molar-refractivity contribution >= 4 is 0 Å². The van der Waals surface area contributed by atoms with Crippen LogP contribution in [0.15, 0.2) is 12.1 Å². The molecule has 2 atom stereocenters. The van der Waals surface area contributed by atoms with E-state index in [0.717, 1.165) is 5.56 Å². The van der Waals surface area contributed by atoms with Crippen LogP contribution in [0.4, 0.5) is 0 Å². The van der Waals surface area contributed by atoms with Gasteiger partial charge in [-0.15, -0.1) is 0 Å². The second kappa shape index (κ2) is 7.21. The lowest BCUT2D eigenvalue weighted by Gasteiger charge is -2.21. The van der Waals surface area contributed by atoms with E-state index in [2.05, 4.69) is 0 Å². The van der Waals surface area contributed by atoms with Crippen LogP contribution in [-0.4, -0.2) is 39.1 Å². The summed E-state index contributed by atoms with van der Waals surface area (Å²) in [5, 5.41) is 9.66. The van der Waals surface area contributed by atoms with E-state index >= 15 is 0 Å². The zero-order valence-electron chi connectivity index (χ0n) is 12.0. The van der Waals surface area contributed by atoms with Crippen molar-refractivity contribution in [2.24, 2.45) is 5.73 Å². The van der Waals surface area contributed by atoms with Crippen LogP contribution in [0.1, 0.15) is 24.8 Å². The van der Waals surface area contributed by atoms with Crippen molar-refractivity contribution in [1.29, 1.82) is 0 Å². The Balaban J connectivity index is 3.13. The van der Waals surface area contributed by atoms with Crippen LogP contribution >= 0.6 is 0 Å². The van der Waals surface area contributed by atoms with Gasteiger partial charge in [0.25, 0.3) is 0 Å². The summed E-state index contributed by atoms with van der Waals surface area (Å²) < 4.78 is 16.0. The van der Waals surface area contributed by atoms with Crippen molar-refractivity contribution in [2.75, 3.05) is 27.9 Å². The normalized spacial score (nSPS) is 13.8. The van der Waals surface area contributed by atoms with E-state index in [1.54, 1.807) is 21.3 Å². The molecule has 0 amide bonds. The molecule has 0 heterocycles. The molecule has 1 aromatic rings. The van der Waals surface area contributed by atoms with Gasteiger partial charge in [0.1, 0.15) is 0 Å². The van der Waals surface area contributed by atoms with Crippen molar-refractivity contribution < 1.29 is 19.3 Å². The molecular formula is C14H23NO4. The summed E-state index contributed by atoms with van der Waals surface area (Å²) in [6.45, 7) is 2.27. The van der Waals surface area contributed by atoms with Gasteiger partial charge in [-0.3, -0.25) is 0 Å². The molecule has 108 valence electrons. The minimum absolute atomic E-state index is 0.105. The molecule has 5 nitrogen and oxygen atoms in total. The monoisotopic (exact) mass is 269 g/mol. The summed E-state index contributed by atoms with van der Waals surface area (Å²) in [5.74, 6) is 1.93. The first-order valence-corrected chi connectivity index (χ1v) is 6.26. The highest BCUT2D eigenvalue weighted by molar-refractivity contribution is 5.56. The lowest BCUT2D eigenvalue weighted by atomic mass is 9.93. The van der Waals surface area contributed by atoms with Crippen LogP contribution in [0.25, 0.3) is 0 Å². The van der Waals surface area contributed by atoms with E-state index in [9.17, 15) is 5.11 Å². The van der Waals surface area contributed by atoms with Gasteiger partial charge < -0.3 is 25.1 Å². The third-order valence-corrected chi connectivity index (χ3v) is 3.16. The third-order valence-electron chi connectivity index (χ3n) is 3.16. The maximum atomic E-state index is 9.66. The number of ether oxygens (including phenoxy) is 3. The van der Waals surface area contributed by atoms with E-state index in [0.29, 0.717) is 23.7 Å². The molecule has 0 radical (unpaired) electrons. The second-order valence-corrected chi connectivity index (χ2v) is 4.45. The first-order chi connectivity index (χ1) is 9.08. The van der Waals surface area contributed by atoms with Gasteiger partial charge >= 0.3 is 0 Å². The fourth-order valence-corrected chi connectivity index (χ4v) is 2.14. The second-order valence-electron chi connectivity index (χ2n) is 4.45. The van der Waals surface area contributed by atoms with Gasteiger partial charge in [-0.1, -0.05) is 13.0 Å². The molecule has 1 aromatic carbocycles. The van der Waals surface area contributed by atoms with Crippen LogP contribution in [0.3, 0.4) is 0 Å². The summed E-state index contributed by atoms with van der Waals surface area (Å²) >= 11 is 0. The number of methoxy groups -OCH3 is 3. The molecule has 2 unspecified atom stereocenters. The van der Waals surface area contributed by atoms with Crippen molar-refractivity contribution in [3.8, 4) is 17.2 Å². The van der Waals surface area contributed by atoms with Gasteiger partial charge in [-0.05, 0) is 18.4 Å². The van der Waals surface area contributed by atoms with Crippen LogP contribution in [0.5, 0.6) is 17.2 Å². The summed E-state index contributed by atoms with van der Waals surface area (Å²) in [6.07, 6.45) is 0.0512. The Morgan fingerprint density at radius 2 is 1.74 bits per heavy atom. The van der Waals surface area contributed by atoms with Crippen LogP contribution in [0.2, 0.25) is 0 Å². The maximum Gasteiger partial charge on any atom is 0.203 e. The Hall–Kier alpha value is -1.46. The Kier molecular flexibility index (Phi) is 5.92. The number of hydrogen-bond acceptors (Lipinski definition) is 5. The summed E-state index contributed by atoms with van der Waals surface area (Å²) in [6, 6.07) is 3.76. The Bertz CT molecular complexity index is 409. The molecule has 0 aliphatic carbocycles. The number of aliphatic hydroxyl groups is 1. The molecule has 19 heavy (non-hydrogen) atoms. The van der Waals surface area contributed by atoms with Crippen LogP contribution in [0, 0.1) is 0 Å². The fraction of sp³-hybridized carbons (Fsp3) is 0.571. The highest BCUT2D eigenvalue weighted by atomic mass is 16.5. The molecule has 0 aliphatic rings. The first kappa shape index (κ1) is 15.6. The standard InChI is InChI=1S/C14H23NO4/c1-9(7-10(16)8-15)11-5-6-12(17-2)14(19-4)13(11)18-3/h5-6,9-10,16H,7-8,15H2,1-4H3. The largest absolute Gasteiger partial charge is 0.493 e. The van der Waals surface area contributed by atoms with Gasteiger partial charge in [0.15, 0.2) is 11.5 Å². The smallest absolute Gasteiger partial charge is 0.203 e. The molecular weight excluding hydrogens is 246 g/mol. The molecule has 0 bridgehead atoms. The third kappa shape index (κ3) is 3.52. The van der Waals surface area contributed by atoms with E-state index in [4.69, 9.17) is 19.9 Å². The highest BCUT2D eigenvalue weighted by Crippen LogP contribution is 2.43. The van der Waals surface area contributed by atoms with Gasteiger partial charge in [-0.25, -0.2) is 0 Å². The zero-order chi connectivity index (χ0) is 14.4. The number of aliphatic hydroxyl groups excluding tert-OH is 1. The fourth-order valence-electron chi connectivity index (χ4n) is 2.14. The molecule has 3 N–H and O–H groups in total. The minimum atomic E-state index is -0.521. The first-order valence-electron chi connectivity index (χ1n) is 6.26. The predicted octanol–water partition coefficient (Wildman–Crippen LogP) is 1.53. The average molecular weight is 269 g/mol. The van der Waals surface area contributed by atoms with E-state index in [1.807, 2.05) is 19.1 Å². The van der Waals surface area contributed by atoms with Gasteiger partial charge in [0.2, 0.25) is 5.75 Å². The minimum Gasteiger partial charge on any atom is -0.493 e. The lowest BCUT2D eigenvalue weighted by Crippen LogP contribution is -2.21. The van der Waals surface area contributed by atoms with Crippen molar-refractivity contribution in [2.45, 2.75) is 25.4 Å². The van der Waals surface area contributed by atoms with E-state index in [1.165, 1.54) is 0 Å². The van der Waals surface area contributed by atoms with Crippen molar-refractivity contribution in [3.05, 3.63) is 17.7 Å². The Labute approximate surface area is 114 Å². The molecule has 0 fully saturated rings. The molecule has 0 saturated heterocycles. The van der Waals surface area contributed by atoms with Gasteiger partial charge in [0.05, 0.1) is 27.4 Å². The summed E-state index contributed by atoms with van der Waals surface area (Å²) in [7, 11) is 4.75.